The zero-order chi connectivity index (χ0) is 21.4. The van der Waals surface area contributed by atoms with Crippen LogP contribution in [-0.2, 0) is 6.54 Å². The number of rotatable bonds is 4. The number of aromatic nitrogens is 4. The average molecular weight is 416 g/mol. The molecule has 3 heterocycles. The molecule has 8 heteroatoms. The normalized spacial score (nSPS) is 15.0. The first kappa shape index (κ1) is 19.4. The highest BCUT2D eigenvalue weighted by Gasteiger charge is 2.23. The molecule has 2 aromatic heterocycles. The molecule has 0 aliphatic carbocycles. The number of hydrogen-bond donors (Lipinski definition) is 0. The van der Waals surface area contributed by atoms with Crippen LogP contribution in [-0.4, -0.2) is 51.3 Å². The van der Waals surface area contributed by atoms with E-state index in [-0.39, 0.29) is 5.63 Å². The number of aryl methyl sites for hydroxylation is 2. The maximum absolute atomic E-state index is 12.1. The van der Waals surface area contributed by atoms with E-state index in [1.165, 1.54) is 5.56 Å². The van der Waals surface area contributed by atoms with Gasteiger partial charge < -0.3 is 9.32 Å². The van der Waals surface area contributed by atoms with Gasteiger partial charge in [0.15, 0.2) is 0 Å². The van der Waals surface area contributed by atoms with Crippen molar-refractivity contribution in [1.29, 1.82) is 0 Å². The van der Waals surface area contributed by atoms with Gasteiger partial charge in [-0.25, -0.2) is 4.79 Å². The number of tetrazole rings is 1. The topological polar surface area (TPSA) is 80.3 Å². The molecule has 31 heavy (non-hydrogen) atoms. The summed E-state index contributed by atoms with van der Waals surface area (Å²) in [6.45, 7) is 8.16. The summed E-state index contributed by atoms with van der Waals surface area (Å²) in [7, 11) is 0. The Bertz CT molecular complexity index is 1270. The summed E-state index contributed by atoms with van der Waals surface area (Å²) in [5, 5.41) is 13.3. The molecule has 2 aromatic carbocycles. The van der Waals surface area contributed by atoms with Crippen LogP contribution >= 0.6 is 0 Å². The molecule has 8 nitrogen and oxygen atoms in total. The van der Waals surface area contributed by atoms with Crippen LogP contribution in [0.2, 0.25) is 0 Å². The Balaban J connectivity index is 1.33. The first-order valence-corrected chi connectivity index (χ1v) is 10.4. The maximum Gasteiger partial charge on any atom is 0.336 e. The van der Waals surface area contributed by atoms with Gasteiger partial charge in [0, 0.05) is 44.2 Å². The summed E-state index contributed by atoms with van der Waals surface area (Å²) in [5.41, 5.74) is 4.63. The molecule has 1 aliphatic heterocycles. The van der Waals surface area contributed by atoms with Gasteiger partial charge in [-0.2, -0.15) is 4.68 Å². The van der Waals surface area contributed by atoms with Crippen molar-refractivity contribution in [2.45, 2.75) is 20.4 Å². The quantitative estimate of drug-likeness (QED) is 0.473. The zero-order valence-corrected chi connectivity index (χ0v) is 17.7. The van der Waals surface area contributed by atoms with Gasteiger partial charge >= 0.3 is 5.63 Å². The monoisotopic (exact) mass is 416 g/mol. The predicted molar refractivity (Wildman–Crippen MR) is 119 cm³/mol. The second-order valence-corrected chi connectivity index (χ2v) is 8.01. The largest absolute Gasteiger partial charge is 0.423 e. The molecule has 1 aliphatic rings. The Morgan fingerprint density at radius 1 is 0.968 bits per heavy atom. The second kappa shape index (κ2) is 7.96. The molecule has 0 bridgehead atoms. The van der Waals surface area contributed by atoms with Gasteiger partial charge in [-0.05, 0) is 65.2 Å². The van der Waals surface area contributed by atoms with E-state index in [1.54, 1.807) is 10.7 Å². The summed E-state index contributed by atoms with van der Waals surface area (Å²) in [5.74, 6) is 0.753. The van der Waals surface area contributed by atoms with Gasteiger partial charge in [0.05, 0.1) is 5.69 Å². The van der Waals surface area contributed by atoms with Crippen molar-refractivity contribution in [3.63, 3.8) is 0 Å². The molecule has 0 saturated carbocycles. The first-order chi connectivity index (χ1) is 15.1. The summed E-state index contributed by atoms with van der Waals surface area (Å²) < 4.78 is 7.22. The molecule has 0 atom stereocenters. The second-order valence-electron chi connectivity index (χ2n) is 8.01. The van der Waals surface area contributed by atoms with Gasteiger partial charge in [0.1, 0.15) is 5.58 Å². The highest BCUT2D eigenvalue weighted by atomic mass is 16.4. The Labute approximate surface area is 179 Å². The lowest BCUT2D eigenvalue weighted by Gasteiger charge is -2.34. The number of hydrogen-bond acceptors (Lipinski definition) is 7. The number of fused-ring (bicyclic) bond motifs is 1. The fraction of sp³-hybridized carbons (Fsp3) is 0.304. The molecule has 158 valence electrons. The van der Waals surface area contributed by atoms with E-state index in [0.717, 1.165) is 54.3 Å². The molecular weight excluding hydrogens is 392 g/mol. The number of para-hydroxylation sites is 1. The van der Waals surface area contributed by atoms with Crippen molar-refractivity contribution in [1.82, 2.24) is 25.1 Å². The average Bonchev–Trinajstić information content (AvgIpc) is 3.26. The van der Waals surface area contributed by atoms with Crippen molar-refractivity contribution < 1.29 is 4.42 Å². The smallest absolute Gasteiger partial charge is 0.336 e. The molecule has 0 amide bonds. The summed E-state index contributed by atoms with van der Waals surface area (Å²) >= 11 is 0. The van der Waals surface area contributed by atoms with Crippen LogP contribution in [0.15, 0.2) is 57.7 Å². The van der Waals surface area contributed by atoms with Crippen LogP contribution in [0, 0.1) is 13.8 Å². The lowest BCUT2D eigenvalue weighted by atomic mass is 10.0. The van der Waals surface area contributed by atoms with E-state index in [1.807, 2.05) is 43.3 Å². The van der Waals surface area contributed by atoms with Gasteiger partial charge in [0.2, 0.25) is 5.95 Å². The fourth-order valence-corrected chi connectivity index (χ4v) is 4.08. The summed E-state index contributed by atoms with van der Waals surface area (Å²) in [6.07, 6.45) is 0. The van der Waals surface area contributed by atoms with Crippen LogP contribution in [0.3, 0.4) is 0 Å². The van der Waals surface area contributed by atoms with Crippen LogP contribution in [0.5, 0.6) is 0 Å². The van der Waals surface area contributed by atoms with Gasteiger partial charge in [-0.3, -0.25) is 4.90 Å². The maximum atomic E-state index is 12.1. The summed E-state index contributed by atoms with van der Waals surface area (Å²) in [4.78, 5) is 16.7. The molecule has 4 aromatic rings. The molecule has 5 rings (SSSR count). The minimum Gasteiger partial charge on any atom is -0.423 e. The molecule has 0 radical (unpaired) electrons. The van der Waals surface area contributed by atoms with E-state index in [4.69, 9.17) is 4.42 Å². The Hall–Kier alpha value is -3.52. The first-order valence-electron chi connectivity index (χ1n) is 10.4. The third-order valence-corrected chi connectivity index (χ3v) is 5.95. The van der Waals surface area contributed by atoms with Crippen LogP contribution < -0.4 is 10.5 Å². The molecule has 0 N–H and O–H groups in total. The fourth-order valence-electron chi connectivity index (χ4n) is 4.08. The van der Waals surface area contributed by atoms with Gasteiger partial charge in [-0.15, -0.1) is 0 Å². The van der Waals surface area contributed by atoms with Crippen molar-refractivity contribution >= 4 is 16.9 Å². The molecule has 1 saturated heterocycles. The zero-order valence-electron chi connectivity index (χ0n) is 17.7. The van der Waals surface area contributed by atoms with Crippen molar-refractivity contribution in [3.8, 4) is 5.69 Å². The van der Waals surface area contributed by atoms with Crippen molar-refractivity contribution in [2.24, 2.45) is 0 Å². The Morgan fingerprint density at radius 3 is 2.48 bits per heavy atom. The van der Waals surface area contributed by atoms with E-state index in [9.17, 15) is 4.79 Å². The van der Waals surface area contributed by atoms with Gasteiger partial charge in [-0.1, -0.05) is 23.3 Å². The SMILES string of the molecule is Cc1cc2oc(=O)cc(CN3CCN(c4nnnn4-c4ccccc4)CC3)c2cc1C. The molecule has 0 spiro atoms. The van der Waals surface area contributed by atoms with E-state index >= 15 is 0 Å². The van der Waals surface area contributed by atoms with Crippen molar-refractivity contribution in [3.05, 3.63) is 75.6 Å². The number of nitrogens with zero attached hydrogens (tertiary/aromatic N) is 6. The van der Waals surface area contributed by atoms with Crippen LogP contribution in [0.4, 0.5) is 5.95 Å². The minimum absolute atomic E-state index is 0.300. The summed E-state index contributed by atoms with van der Waals surface area (Å²) in [6, 6.07) is 15.6. The number of anilines is 1. The third kappa shape index (κ3) is 3.82. The van der Waals surface area contributed by atoms with E-state index in [2.05, 4.69) is 38.3 Å². The van der Waals surface area contributed by atoms with E-state index < -0.39 is 0 Å². The Morgan fingerprint density at radius 2 is 1.71 bits per heavy atom. The lowest BCUT2D eigenvalue weighted by Crippen LogP contribution is -2.47. The molecule has 1 fully saturated rings. The highest BCUT2D eigenvalue weighted by molar-refractivity contribution is 5.81. The highest BCUT2D eigenvalue weighted by Crippen LogP contribution is 2.24. The number of benzene rings is 2. The standard InChI is InChI=1S/C23H24N6O2/c1-16-12-20-18(14-22(30)31-21(20)13-17(16)2)15-27-8-10-28(11-9-27)23-24-25-26-29(23)19-6-4-3-5-7-19/h3-7,12-14H,8-11,15H2,1-2H3. The molecular formula is C23H24N6O2. The predicted octanol–water partition coefficient (Wildman–Crippen LogP) is 2.71. The Kier molecular flexibility index (Phi) is 4.99. The number of piperazine rings is 1. The lowest BCUT2D eigenvalue weighted by molar-refractivity contribution is 0.248. The molecule has 0 unspecified atom stereocenters. The van der Waals surface area contributed by atoms with Crippen LogP contribution in [0.25, 0.3) is 16.7 Å². The van der Waals surface area contributed by atoms with Gasteiger partial charge in [0.25, 0.3) is 0 Å². The third-order valence-electron chi connectivity index (χ3n) is 5.95. The van der Waals surface area contributed by atoms with E-state index in [0.29, 0.717) is 12.1 Å². The van der Waals surface area contributed by atoms with Crippen molar-refractivity contribution in [2.75, 3.05) is 31.1 Å². The van der Waals surface area contributed by atoms with Crippen LogP contribution in [0.1, 0.15) is 16.7 Å². The minimum atomic E-state index is -0.300.